The van der Waals surface area contributed by atoms with Crippen LogP contribution >= 0.6 is 0 Å². The Morgan fingerprint density at radius 2 is 2.04 bits per heavy atom. The fraction of sp³-hybridized carbons (Fsp3) is 0.333. The van der Waals surface area contributed by atoms with Crippen molar-refractivity contribution in [1.29, 1.82) is 0 Å². The zero-order valence-electron chi connectivity index (χ0n) is 15.4. The van der Waals surface area contributed by atoms with Crippen LogP contribution in [0.15, 0.2) is 36.5 Å². The average Bonchev–Trinajstić information content (AvgIpc) is 2.98. The van der Waals surface area contributed by atoms with Crippen LogP contribution in [0, 0.1) is 19.8 Å². The van der Waals surface area contributed by atoms with Gasteiger partial charge in [0.15, 0.2) is 0 Å². The number of carbonyl (C=O) groups is 1. The van der Waals surface area contributed by atoms with E-state index in [1.165, 1.54) is 5.56 Å². The maximum atomic E-state index is 12.9. The normalized spacial score (nSPS) is 16.3. The third kappa shape index (κ3) is 2.94. The molecule has 0 aliphatic heterocycles. The van der Waals surface area contributed by atoms with Crippen LogP contribution in [0.1, 0.15) is 28.9 Å². The molecule has 0 saturated carbocycles. The first-order valence-electron chi connectivity index (χ1n) is 8.97. The molecule has 134 valence electrons. The van der Waals surface area contributed by atoms with Gasteiger partial charge in [0.1, 0.15) is 11.4 Å². The Morgan fingerprint density at radius 1 is 1.23 bits per heavy atom. The van der Waals surface area contributed by atoms with Gasteiger partial charge in [-0.05, 0) is 62.1 Å². The molecule has 0 radical (unpaired) electrons. The van der Waals surface area contributed by atoms with E-state index in [0.717, 1.165) is 41.1 Å². The van der Waals surface area contributed by atoms with E-state index in [-0.39, 0.29) is 11.8 Å². The molecule has 26 heavy (non-hydrogen) atoms. The summed E-state index contributed by atoms with van der Waals surface area (Å²) in [4.78, 5) is 17.6. The standard InChI is InChI=1S/C21H23N3O2/c1-13-4-7-19(26-3)17(10-13)23-21(25)15-5-6-16-18(12-15)24-9-8-14(2)11-20(24)22-16/h4,7-11,15H,5-6,12H2,1-3H3,(H,23,25). The molecule has 0 fully saturated rings. The molecular weight excluding hydrogens is 326 g/mol. The molecule has 3 aromatic rings. The van der Waals surface area contributed by atoms with E-state index in [1.807, 2.05) is 25.1 Å². The summed E-state index contributed by atoms with van der Waals surface area (Å²) >= 11 is 0. The number of aromatic nitrogens is 2. The highest BCUT2D eigenvalue weighted by atomic mass is 16.5. The van der Waals surface area contributed by atoms with Gasteiger partial charge in [-0.3, -0.25) is 4.79 Å². The Kier molecular flexibility index (Phi) is 4.15. The summed E-state index contributed by atoms with van der Waals surface area (Å²) < 4.78 is 7.49. The third-order valence-corrected chi connectivity index (χ3v) is 5.12. The minimum absolute atomic E-state index is 0.0432. The number of nitrogens with zero attached hydrogens (tertiary/aromatic N) is 2. The number of aryl methyl sites for hydroxylation is 3. The van der Waals surface area contributed by atoms with Crippen LogP contribution in [0.2, 0.25) is 0 Å². The fourth-order valence-corrected chi connectivity index (χ4v) is 3.69. The van der Waals surface area contributed by atoms with E-state index >= 15 is 0 Å². The lowest BCUT2D eigenvalue weighted by Crippen LogP contribution is -2.28. The van der Waals surface area contributed by atoms with E-state index in [1.54, 1.807) is 7.11 Å². The first-order chi connectivity index (χ1) is 12.5. The van der Waals surface area contributed by atoms with Crippen molar-refractivity contribution >= 4 is 17.2 Å². The van der Waals surface area contributed by atoms with E-state index < -0.39 is 0 Å². The van der Waals surface area contributed by atoms with Gasteiger partial charge in [-0.2, -0.15) is 0 Å². The largest absolute Gasteiger partial charge is 0.495 e. The van der Waals surface area contributed by atoms with Crippen molar-refractivity contribution in [3.05, 3.63) is 59.0 Å². The van der Waals surface area contributed by atoms with Crippen molar-refractivity contribution in [2.45, 2.75) is 33.1 Å². The maximum Gasteiger partial charge on any atom is 0.227 e. The molecular formula is C21H23N3O2. The number of nitrogens with one attached hydrogen (secondary N) is 1. The molecule has 5 nitrogen and oxygen atoms in total. The first kappa shape index (κ1) is 16.6. The summed E-state index contributed by atoms with van der Waals surface area (Å²) in [6, 6.07) is 9.97. The van der Waals surface area contributed by atoms with Crippen molar-refractivity contribution in [3.63, 3.8) is 0 Å². The highest BCUT2D eigenvalue weighted by Gasteiger charge is 2.28. The molecule has 2 heterocycles. The van der Waals surface area contributed by atoms with Crippen molar-refractivity contribution in [3.8, 4) is 5.75 Å². The lowest BCUT2D eigenvalue weighted by Gasteiger charge is -2.22. The van der Waals surface area contributed by atoms with Crippen molar-refractivity contribution in [2.75, 3.05) is 12.4 Å². The zero-order valence-corrected chi connectivity index (χ0v) is 15.4. The molecule has 1 unspecified atom stereocenters. The van der Waals surface area contributed by atoms with Crippen LogP contribution in [-0.2, 0) is 17.6 Å². The highest BCUT2D eigenvalue weighted by molar-refractivity contribution is 5.94. The van der Waals surface area contributed by atoms with Gasteiger partial charge < -0.3 is 14.5 Å². The van der Waals surface area contributed by atoms with Crippen LogP contribution in [-0.4, -0.2) is 22.4 Å². The topological polar surface area (TPSA) is 55.6 Å². The van der Waals surface area contributed by atoms with Crippen LogP contribution in [0.25, 0.3) is 5.65 Å². The summed E-state index contributed by atoms with van der Waals surface area (Å²) in [5.41, 5.74) is 6.26. The van der Waals surface area contributed by atoms with Crippen LogP contribution in [0.5, 0.6) is 5.75 Å². The third-order valence-electron chi connectivity index (χ3n) is 5.12. The van der Waals surface area contributed by atoms with Gasteiger partial charge in [0.25, 0.3) is 0 Å². The lowest BCUT2D eigenvalue weighted by atomic mass is 9.89. The van der Waals surface area contributed by atoms with Crippen molar-refractivity contribution < 1.29 is 9.53 Å². The first-order valence-corrected chi connectivity index (χ1v) is 8.97. The number of hydrogen-bond donors (Lipinski definition) is 1. The molecule has 1 aliphatic carbocycles. The highest BCUT2D eigenvalue weighted by Crippen LogP contribution is 2.30. The number of anilines is 1. The molecule has 0 bridgehead atoms. The monoisotopic (exact) mass is 349 g/mol. The molecule has 1 aliphatic rings. The predicted molar refractivity (Wildman–Crippen MR) is 102 cm³/mol. The summed E-state index contributed by atoms with van der Waals surface area (Å²) in [7, 11) is 1.62. The molecule has 0 spiro atoms. The predicted octanol–water partition coefficient (Wildman–Crippen LogP) is 3.70. The number of amides is 1. The Morgan fingerprint density at radius 3 is 2.85 bits per heavy atom. The second-order valence-corrected chi connectivity index (χ2v) is 7.07. The molecule has 0 saturated heterocycles. The van der Waals surface area contributed by atoms with E-state index in [2.05, 4.69) is 35.0 Å². The Balaban J connectivity index is 1.58. The summed E-state index contributed by atoms with van der Waals surface area (Å²) in [5, 5.41) is 3.06. The van der Waals surface area contributed by atoms with Gasteiger partial charge in [0, 0.05) is 24.2 Å². The summed E-state index contributed by atoms with van der Waals surface area (Å²) in [6.07, 6.45) is 4.41. The number of benzene rings is 1. The molecule has 1 N–H and O–H groups in total. The number of fused-ring (bicyclic) bond motifs is 3. The Hall–Kier alpha value is -2.82. The number of methoxy groups -OCH3 is 1. The van der Waals surface area contributed by atoms with Crippen molar-refractivity contribution in [2.24, 2.45) is 5.92 Å². The van der Waals surface area contributed by atoms with Crippen LogP contribution < -0.4 is 10.1 Å². The molecule has 5 heteroatoms. The van der Waals surface area contributed by atoms with Crippen molar-refractivity contribution in [1.82, 2.24) is 9.38 Å². The van der Waals surface area contributed by atoms with E-state index in [0.29, 0.717) is 12.2 Å². The summed E-state index contributed by atoms with van der Waals surface area (Å²) in [5.74, 6) is 0.668. The van der Waals surface area contributed by atoms with Gasteiger partial charge in [-0.1, -0.05) is 6.07 Å². The molecule has 4 rings (SSSR count). The molecule has 1 atom stereocenters. The van der Waals surface area contributed by atoms with Gasteiger partial charge in [-0.25, -0.2) is 4.98 Å². The minimum atomic E-state index is -0.0612. The minimum Gasteiger partial charge on any atom is -0.495 e. The molecule has 1 aromatic carbocycles. The van der Waals surface area contributed by atoms with Gasteiger partial charge in [0.2, 0.25) is 5.91 Å². The maximum absolute atomic E-state index is 12.9. The summed E-state index contributed by atoms with van der Waals surface area (Å²) in [6.45, 7) is 4.07. The fourth-order valence-electron chi connectivity index (χ4n) is 3.69. The van der Waals surface area contributed by atoms with E-state index in [4.69, 9.17) is 9.72 Å². The van der Waals surface area contributed by atoms with Gasteiger partial charge >= 0.3 is 0 Å². The molecule has 2 aromatic heterocycles. The number of rotatable bonds is 3. The SMILES string of the molecule is COc1ccc(C)cc1NC(=O)C1CCc2nc3cc(C)ccn3c2C1. The number of carbonyl (C=O) groups excluding carboxylic acids is 1. The smallest absolute Gasteiger partial charge is 0.227 e. The zero-order chi connectivity index (χ0) is 18.3. The second kappa shape index (κ2) is 6.48. The van der Waals surface area contributed by atoms with Crippen LogP contribution in [0.4, 0.5) is 5.69 Å². The van der Waals surface area contributed by atoms with Gasteiger partial charge in [0.05, 0.1) is 18.5 Å². The number of ether oxygens (including phenoxy) is 1. The Bertz CT molecular complexity index is 990. The quantitative estimate of drug-likeness (QED) is 0.784. The van der Waals surface area contributed by atoms with E-state index in [9.17, 15) is 4.79 Å². The van der Waals surface area contributed by atoms with Crippen LogP contribution in [0.3, 0.4) is 0 Å². The number of hydrogen-bond acceptors (Lipinski definition) is 3. The average molecular weight is 349 g/mol. The molecule has 1 amide bonds. The number of pyridine rings is 1. The Labute approximate surface area is 153 Å². The lowest BCUT2D eigenvalue weighted by molar-refractivity contribution is -0.120. The van der Waals surface area contributed by atoms with Gasteiger partial charge in [-0.15, -0.1) is 0 Å². The number of imidazole rings is 1. The second-order valence-electron chi connectivity index (χ2n) is 7.07.